The lowest BCUT2D eigenvalue weighted by molar-refractivity contribution is 0.0472. The van der Waals surface area contributed by atoms with Crippen LogP contribution in [0.5, 0.6) is 0 Å². The van der Waals surface area contributed by atoms with E-state index >= 15 is 0 Å². The van der Waals surface area contributed by atoms with Crippen molar-refractivity contribution in [3.05, 3.63) is 29.8 Å². The lowest BCUT2D eigenvalue weighted by Gasteiger charge is -2.28. The van der Waals surface area contributed by atoms with E-state index < -0.39 is 23.3 Å². The molecule has 0 radical (unpaired) electrons. The highest BCUT2D eigenvalue weighted by Gasteiger charge is 2.24. The Hall–Kier alpha value is -1.89. The first-order chi connectivity index (χ1) is 10.5. The SMILES string of the molecule is CC(C)(Cc1ccc(NC(=O)NS)cc1)NC(=O)OC(C)(C)C. The van der Waals surface area contributed by atoms with Crippen molar-refractivity contribution in [2.45, 2.75) is 52.2 Å². The van der Waals surface area contributed by atoms with E-state index in [9.17, 15) is 9.59 Å². The molecule has 0 aromatic heterocycles. The van der Waals surface area contributed by atoms with E-state index in [2.05, 4.69) is 28.2 Å². The lowest BCUT2D eigenvalue weighted by atomic mass is 9.95. The molecule has 1 rings (SSSR count). The van der Waals surface area contributed by atoms with Crippen molar-refractivity contribution >= 4 is 30.6 Å². The summed E-state index contributed by atoms with van der Waals surface area (Å²) >= 11 is 3.67. The number of alkyl carbamates (subject to hydrolysis) is 1. The third-order valence-corrected chi connectivity index (χ3v) is 3.00. The first kappa shape index (κ1) is 19.2. The van der Waals surface area contributed by atoms with Crippen molar-refractivity contribution in [2.75, 3.05) is 5.32 Å². The van der Waals surface area contributed by atoms with E-state index in [1.807, 2.05) is 46.8 Å². The van der Waals surface area contributed by atoms with E-state index in [0.717, 1.165) is 5.56 Å². The fraction of sp³-hybridized carbons (Fsp3) is 0.500. The van der Waals surface area contributed by atoms with Crippen LogP contribution in [0, 0.1) is 0 Å². The van der Waals surface area contributed by atoms with E-state index in [1.54, 1.807) is 12.1 Å². The Morgan fingerprint density at radius 1 is 1.09 bits per heavy atom. The van der Waals surface area contributed by atoms with E-state index in [0.29, 0.717) is 12.1 Å². The molecule has 23 heavy (non-hydrogen) atoms. The second kappa shape index (κ2) is 7.59. The number of carbonyl (C=O) groups excluding carboxylic acids is 2. The van der Waals surface area contributed by atoms with Crippen LogP contribution in [0.4, 0.5) is 15.3 Å². The maximum Gasteiger partial charge on any atom is 0.408 e. The van der Waals surface area contributed by atoms with Gasteiger partial charge in [-0.15, -0.1) is 0 Å². The number of nitrogens with one attached hydrogen (secondary N) is 3. The van der Waals surface area contributed by atoms with Gasteiger partial charge in [0.05, 0.1) is 0 Å². The van der Waals surface area contributed by atoms with Gasteiger partial charge in [-0.1, -0.05) is 24.9 Å². The van der Waals surface area contributed by atoms with E-state index in [-0.39, 0.29) is 0 Å². The van der Waals surface area contributed by atoms with E-state index in [1.165, 1.54) is 0 Å². The Balaban J connectivity index is 2.63. The predicted octanol–water partition coefficient (Wildman–Crippen LogP) is 3.50. The molecule has 3 amide bonds. The maximum absolute atomic E-state index is 11.9. The largest absolute Gasteiger partial charge is 0.444 e. The fourth-order valence-electron chi connectivity index (χ4n) is 2.00. The Labute approximate surface area is 142 Å². The zero-order chi connectivity index (χ0) is 17.7. The number of hydrogen-bond donors (Lipinski definition) is 4. The number of rotatable bonds is 4. The van der Waals surface area contributed by atoms with Gasteiger partial charge in [-0.3, -0.25) is 4.72 Å². The summed E-state index contributed by atoms with van der Waals surface area (Å²) in [6.07, 6.45) is 0.192. The van der Waals surface area contributed by atoms with Gasteiger partial charge in [-0.2, -0.15) is 0 Å². The average molecular weight is 339 g/mol. The van der Waals surface area contributed by atoms with Crippen molar-refractivity contribution in [1.82, 2.24) is 10.0 Å². The molecule has 0 spiro atoms. The molecule has 0 aliphatic rings. The molecule has 1 aromatic rings. The first-order valence-corrected chi connectivity index (χ1v) is 7.77. The molecule has 0 aliphatic carbocycles. The standard InChI is InChI=1S/C16H25N3O3S/c1-15(2,3)22-14(21)18-16(4,5)10-11-6-8-12(9-7-11)17-13(20)19-23/h6-9,23H,10H2,1-5H3,(H,18,21)(H2,17,19,20). The highest BCUT2D eigenvalue weighted by molar-refractivity contribution is 7.78. The highest BCUT2D eigenvalue weighted by Crippen LogP contribution is 2.17. The van der Waals surface area contributed by atoms with Crippen molar-refractivity contribution in [3.8, 4) is 0 Å². The summed E-state index contributed by atoms with van der Waals surface area (Å²) in [4.78, 5) is 23.0. The molecule has 0 saturated carbocycles. The summed E-state index contributed by atoms with van der Waals surface area (Å²) in [5.74, 6) is 0. The van der Waals surface area contributed by atoms with Crippen molar-refractivity contribution in [3.63, 3.8) is 0 Å². The number of urea groups is 1. The third-order valence-electron chi connectivity index (χ3n) is 2.80. The van der Waals surface area contributed by atoms with Gasteiger partial charge in [0, 0.05) is 11.2 Å². The van der Waals surface area contributed by atoms with Crippen LogP contribution in [0.15, 0.2) is 24.3 Å². The summed E-state index contributed by atoms with van der Waals surface area (Å²) in [5, 5.41) is 5.49. The van der Waals surface area contributed by atoms with Crippen molar-refractivity contribution in [2.24, 2.45) is 0 Å². The smallest absolute Gasteiger partial charge is 0.408 e. The second-order valence-corrected chi connectivity index (χ2v) is 7.17. The van der Waals surface area contributed by atoms with Gasteiger partial charge >= 0.3 is 12.1 Å². The summed E-state index contributed by atoms with van der Waals surface area (Å²) in [5.41, 5.74) is 0.710. The molecule has 3 N–H and O–H groups in total. The van der Waals surface area contributed by atoms with Crippen LogP contribution in [0.2, 0.25) is 0 Å². The number of anilines is 1. The molecule has 7 heteroatoms. The third kappa shape index (κ3) is 7.78. The monoisotopic (exact) mass is 339 g/mol. The van der Waals surface area contributed by atoms with Crippen LogP contribution >= 0.6 is 12.8 Å². The maximum atomic E-state index is 11.9. The van der Waals surface area contributed by atoms with Crippen LogP contribution in [0.25, 0.3) is 0 Å². The number of hydrogen-bond acceptors (Lipinski definition) is 4. The number of ether oxygens (including phenoxy) is 1. The molecule has 0 bridgehead atoms. The topological polar surface area (TPSA) is 79.5 Å². The van der Waals surface area contributed by atoms with Crippen LogP contribution in [-0.4, -0.2) is 23.3 Å². The lowest BCUT2D eigenvalue weighted by Crippen LogP contribution is -2.47. The Morgan fingerprint density at radius 3 is 2.13 bits per heavy atom. The van der Waals surface area contributed by atoms with Gasteiger partial charge in [-0.25, -0.2) is 9.59 Å². The minimum absolute atomic E-state index is 0.395. The van der Waals surface area contributed by atoms with Gasteiger partial charge < -0.3 is 15.4 Å². The zero-order valence-corrected chi connectivity index (χ0v) is 15.1. The minimum Gasteiger partial charge on any atom is -0.444 e. The molecule has 0 atom stereocenters. The van der Waals surface area contributed by atoms with Gasteiger partial charge in [0.25, 0.3) is 0 Å². The first-order valence-electron chi connectivity index (χ1n) is 7.32. The number of amides is 3. The van der Waals surface area contributed by atoms with Crippen molar-refractivity contribution < 1.29 is 14.3 Å². The summed E-state index contributed by atoms with van der Waals surface area (Å²) in [6, 6.07) is 6.98. The number of thiol groups is 1. The summed E-state index contributed by atoms with van der Waals surface area (Å²) in [7, 11) is 0. The molecule has 0 heterocycles. The molecule has 0 aliphatic heterocycles. The molecule has 0 unspecified atom stereocenters. The molecule has 128 valence electrons. The molecular weight excluding hydrogens is 314 g/mol. The zero-order valence-electron chi connectivity index (χ0n) is 14.2. The molecular formula is C16H25N3O3S. The summed E-state index contributed by atoms with van der Waals surface area (Å²) < 4.78 is 7.46. The molecule has 6 nitrogen and oxygen atoms in total. The highest BCUT2D eigenvalue weighted by atomic mass is 32.1. The van der Waals surface area contributed by atoms with E-state index in [4.69, 9.17) is 4.74 Å². The normalized spacial score (nSPS) is 11.6. The predicted molar refractivity (Wildman–Crippen MR) is 94.7 cm³/mol. The van der Waals surface area contributed by atoms with Gasteiger partial charge in [-0.05, 0) is 58.7 Å². The minimum atomic E-state index is -0.527. The molecule has 0 saturated heterocycles. The van der Waals surface area contributed by atoms with Crippen molar-refractivity contribution in [1.29, 1.82) is 0 Å². The number of carbonyl (C=O) groups is 2. The van der Waals surface area contributed by atoms with Gasteiger partial charge in [0.2, 0.25) is 0 Å². The van der Waals surface area contributed by atoms with Crippen LogP contribution in [-0.2, 0) is 11.2 Å². The number of benzene rings is 1. The molecule has 1 aromatic carbocycles. The van der Waals surface area contributed by atoms with Crippen LogP contribution in [0.1, 0.15) is 40.2 Å². The molecule has 0 fully saturated rings. The van der Waals surface area contributed by atoms with Gasteiger partial charge in [0.1, 0.15) is 5.60 Å². The average Bonchev–Trinajstić information content (AvgIpc) is 2.37. The fourth-order valence-corrected chi connectivity index (χ4v) is 2.06. The summed E-state index contributed by atoms with van der Waals surface area (Å²) in [6.45, 7) is 9.33. The van der Waals surface area contributed by atoms with Crippen LogP contribution in [0.3, 0.4) is 0 Å². The quantitative estimate of drug-likeness (QED) is 0.634. The van der Waals surface area contributed by atoms with Gasteiger partial charge in [0.15, 0.2) is 0 Å². The Bertz CT molecular complexity index is 551. The Morgan fingerprint density at radius 2 is 1.65 bits per heavy atom. The Kier molecular flexibility index (Phi) is 6.32. The van der Waals surface area contributed by atoms with Crippen LogP contribution < -0.4 is 15.4 Å². The second-order valence-electron chi connectivity index (χ2n) is 6.95.